The zero-order chi connectivity index (χ0) is 12.7. The normalized spacial score (nSPS) is 29.4. The average molecular weight is 246 g/mol. The molecule has 1 aromatic carbocycles. The summed E-state index contributed by atoms with van der Waals surface area (Å²) in [5.41, 5.74) is 12.8. The van der Waals surface area contributed by atoms with Crippen LogP contribution in [0, 0.1) is 11.8 Å². The van der Waals surface area contributed by atoms with Crippen LogP contribution in [0.5, 0.6) is 0 Å². The zero-order valence-corrected chi connectivity index (χ0v) is 10.3. The van der Waals surface area contributed by atoms with Gasteiger partial charge in [0.25, 0.3) is 0 Å². The van der Waals surface area contributed by atoms with Crippen molar-refractivity contribution in [2.24, 2.45) is 11.8 Å². The Bertz CT molecular complexity index is 466. The van der Waals surface area contributed by atoms with Crippen LogP contribution in [0.15, 0.2) is 18.2 Å². The average Bonchev–Trinajstić information content (AvgIpc) is 2.89. The van der Waals surface area contributed by atoms with Gasteiger partial charge in [0, 0.05) is 11.4 Å². The molecule has 3 rings (SSSR count). The van der Waals surface area contributed by atoms with Crippen LogP contribution < -0.4 is 11.5 Å². The first kappa shape index (κ1) is 11.4. The minimum absolute atomic E-state index is 0.0962. The standard InChI is InChI=1S/C14H18N2O2/c15-11-5-10(6-12(16)7-11)14(17)18-13-4-8-1-2-9(13)3-8/h5-9,13H,1-4,15-16H2. The van der Waals surface area contributed by atoms with Gasteiger partial charge in [0.1, 0.15) is 6.10 Å². The number of nitrogens with two attached hydrogens (primary N) is 2. The highest BCUT2D eigenvalue weighted by atomic mass is 16.5. The monoisotopic (exact) mass is 246 g/mol. The molecule has 4 heteroatoms. The second kappa shape index (κ2) is 4.19. The number of fused-ring (bicyclic) bond motifs is 2. The van der Waals surface area contributed by atoms with Crippen LogP contribution in [0.4, 0.5) is 11.4 Å². The lowest BCUT2D eigenvalue weighted by Gasteiger charge is -2.22. The second-order valence-electron chi connectivity index (χ2n) is 5.51. The molecule has 2 aliphatic rings. The van der Waals surface area contributed by atoms with E-state index in [1.807, 2.05) is 0 Å². The summed E-state index contributed by atoms with van der Waals surface area (Å²) in [5, 5.41) is 0. The molecule has 4 N–H and O–H groups in total. The second-order valence-corrected chi connectivity index (χ2v) is 5.51. The summed E-state index contributed by atoms with van der Waals surface area (Å²) in [4.78, 5) is 12.0. The molecule has 0 heterocycles. The molecule has 1 aromatic rings. The first-order chi connectivity index (χ1) is 8.61. The van der Waals surface area contributed by atoms with Crippen molar-refractivity contribution in [3.8, 4) is 0 Å². The lowest BCUT2D eigenvalue weighted by molar-refractivity contribution is 0.0158. The van der Waals surface area contributed by atoms with E-state index in [-0.39, 0.29) is 12.1 Å². The molecule has 0 amide bonds. The predicted octanol–water partition coefficient (Wildman–Crippen LogP) is 2.20. The number of carbonyl (C=O) groups excluding carboxylic acids is 1. The van der Waals surface area contributed by atoms with Gasteiger partial charge < -0.3 is 16.2 Å². The van der Waals surface area contributed by atoms with Crippen molar-refractivity contribution in [3.05, 3.63) is 23.8 Å². The van der Waals surface area contributed by atoms with E-state index in [0.29, 0.717) is 22.9 Å². The molecule has 2 bridgehead atoms. The number of benzene rings is 1. The molecule has 0 aromatic heterocycles. The van der Waals surface area contributed by atoms with Crippen LogP contribution in [-0.4, -0.2) is 12.1 Å². The molecule has 96 valence electrons. The van der Waals surface area contributed by atoms with Crippen LogP contribution in [-0.2, 0) is 4.74 Å². The van der Waals surface area contributed by atoms with Crippen LogP contribution in [0.1, 0.15) is 36.0 Å². The Kier molecular flexibility index (Phi) is 2.65. The van der Waals surface area contributed by atoms with Gasteiger partial charge in [-0.05, 0) is 55.7 Å². The van der Waals surface area contributed by atoms with Crippen molar-refractivity contribution < 1.29 is 9.53 Å². The molecule has 3 atom stereocenters. The highest BCUT2D eigenvalue weighted by Crippen LogP contribution is 2.46. The van der Waals surface area contributed by atoms with Crippen molar-refractivity contribution in [1.29, 1.82) is 0 Å². The Labute approximate surface area is 106 Å². The summed E-state index contributed by atoms with van der Waals surface area (Å²) in [5.74, 6) is 1.03. The third kappa shape index (κ3) is 2.03. The molecule has 0 radical (unpaired) electrons. The van der Waals surface area contributed by atoms with Gasteiger partial charge in [-0.25, -0.2) is 4.79 Å². The van der Waals surface area contributed by atoms with Crippen molar-refractivity contribution in [1.82, 2.24) is 0 Å². The summed E-state index contributed by atoms with van der Waals surface area (Å²) in [6.45, 7) is 0. The molecule has 18 heavy (non-hydrogen) atoms. The number of anilines is 2. The number of esters is 1. The maximum Gasteiger partial charge on any atom is 0.338 e. The SMILES string of the molecule is Nc1cc(N)cc(C(=O)OC2CC3CCC2C3)c1. The Hall–Kier alpha value is -1.71. The number of hydrogen-bond acceptors (Lipinski definition) is 4. The van der Waals surface area contributed by atoms with Crippen molar-refractivity contribution in [3.63, 3.8) is 0 Å². The molecular formula is C14H18N2O2. The lowest BCUT2D eigenvalue weighted by atomic mass is 9.98. The number of ether oxygens (including phenoxy) is 1. The topological polar surface area (TPSA) is 78.3 Å². The van der Waals surface area contributed by atoms with E-state index in [9.17, 15) is 4.79 Å². The number of nitrogen functional groups attached to an aromatic ring is 2. The first-order valence-corrected chi connectivity index (χ1v) is 6.49. The third-order valence-corrected chi connectivity index (χ3v) is 4.14. The highest BCUT2D eigenvalue weighted by Gasteiger charge is 2.41. The van der Waals surface area contributed by atoms with Crippen LogP contribution in [0.2, 0.25) is 0 Å². The molecule has 0 aliphatic heterocycles. The summed E-state index contributed by atoms with van der Waals surface area (Å²) in [6.07, 6.45) is 4.83. The molecule has 4 nitrogen and oxygen atoms in total. The molecule has 2 aliphatic carbocycles. The van der Waals surface area contributed by atoms with Gasteiger partial charge in [-0.1, -0.05) is 0 Å². The maximum atomic E-state index is 12.0. The molecule has 0 saturated heterocycles. The van der Waals surface area contributed by atoms with E-state index in [1.54, 1.807) is 18.2 Å². The lowest BCUT2D eigenvalue weighted by Crippen LogP contribution is -2.24. The Morgan fingerprint density at radius 1 is 1.11 bits per heavy atom. The fraction of sp³-hybridized carbons (Fsp3) is 0.500. The van der Waals surface area contributed by atoms with Gasteiger partial charge in [0.15, 0.2) is 0 Å². The van der Waals surface area contributed by atoms with E-state index in [4.69, 9.17) is 16.2 Å². The summed E-state index contributed by atoms with van der Waals surface area (Å²) in [7, 11) is 0. The van der Waals surface area contributed by atoms with Crippen molar-refractivity contribution in [2.75, 3.05) is 11.5 Å². The number of carbonyl (C=O) groups is 1. The Morgan fingerprint density at radius 2 is 1.83 bits per heavy atom. The van der Waals surface area contributed by atoms with E-state index in [1.165, 1.54) is 19.3 Å². The minimum atomic E-state index is -0.299. The predicted molar refractivity (Wildman–Crippen MR) is 69.9 cm³/mol. The largest absolute Gasteiger partial charge is 0.458 e. The smallest absolute Gasteiger partial charge is 0.338 e. The Morgan fingerprint density at radius 3 is 2.39 bits per heavy atom. The van der Waals surface area contributed by atoms with E-state index in [0.717, 1.165) is 12.3 Å². The summed E-state index contributed by atoms with van der Waals surface area (Å²) < 4.78 is 5.59. The van der Waals surface area contributed by atoms with Gasteiger partial charge in [0.05, 0.1) is 5.56 Å². The van der Waals surface area contributed by atoms with Crippen LogP contribution in [0.25, 0.3) is 0 Å². The fourth-order valence-electron chi connectivity index (χ4n) is 3.33. The fourth-order valence-corrected chi connectivity index (χ4v) is 3.33. The molecular weight excluding hydrogens is 228 g/mol. The molecule has 0 spiro atoms. The van der Waals surface area contributed by atoms with Gasteiger partial charge in [-0.2, -0.15) is 0 Å². The number of hydrogen-bond donors (Lipinski definition) is 2. The molecule has 2 fully saturated rings. The van der Waals surface area contributed by atoms with Crippen LogP contribution >= 0.6 is 0 Å². The van der Waals surface area contributed by atoms with Gasteiger partial charge in [-0.3, -0.25) is 0 Å². The summed E-state index contributed by atoms with van der Waals surface area (Å²) in [6, 6.07) is 4.87. The quantitative estimate of drug-likeness (QED) is 0.619. The van der Waals surface area contributed by atoms with Gasteiger partial charge in [0.2, 0.25) is 0 Å². The highest BCUT2D eigenvalue weighted by molar-refractivity contribution is 5.91. The molecule has 2 saturated carbocycles. The minimum Gasteiger partial charge on any atom is -0.458 e. The van der Waals surface area contributed by atoms with Crippen molar-refractivity contribution >= 4 is 17.3 Å². The van der Waals surface area contributed by atoms with Crippen LogP contribution in [0.3, 0.4) is 0 Å². The third-order valence-electron chi connectivity index (χ3n) is 4.14. The molecule has 3 unspecified atom stereocenters. The summed E-state index contributed by atoms with van der Waals surface area (Å²) >= 11 is 0. The first-order valence-electron chi connectivity index (χ1n) is 6.49. The van der Waals surface area contributed by atoms with E-state index in [2.05, 4.69) is 0 Å². The Balaban J connectivity index is 1.71. The van der Waals surface area contributed by atoms with E-state index < -0.39 is 0 Å². The maximum absolute atomic E-state index is 12.0. The van der Waals surface area contributed by atoms with Gasteiger partial charge in [-0.15, -0.1) is 0 Å². The van der Waals surface area contributed by atoms with Gasteiger partial charge >= 0.3 is 5.97 Å². The zero-order valence-electron chi connectivity index (χ0n) is 10.3. The van der Waals surface area contributed by atoms with E-state index >= 15 is 0 Å². The number of rotatable bonds is 2. The van der Waals surface area contributed by atoms with Crippen molar-refractivity contribution in [2.45, 2.75) is 31.8 Å².